The highest BCUT2D eigenvalue weighted by Gasteiger charge is 2.35. The third kappa shape index (κ3) is 2.87. The van der Waals surface area contributed by atoms with Crippen molar-refractivity contribution in [3.8, 4) is 11.4 Å². The highest BCUT2D eigenvalue weighted by Crippen LogP contribution is 2.28. The number of amides is 1. The Morgan fingerprint density at radius 1 is 1.30 bits per heavy atom. The summed E-state index contributed by atoms with van der Waals surface area (Å²) in [6, 6.07) is 7.63. The van der Waals surface area contributed by atoms with Crippen LogP contribution >= 0.6 is 11.3 Å². The van der Waals surface area contributed by atoms with E-state index < -0.39 is 0 Å². The maximum absolute atomic E-state index is 12.2. The minimum Gasteiger partial charge on any atom is -0.341 e. The summed E-state index contributed by atoms with van der Waals surface area (Å²) in [5.74, 6) is 1.44. The number of carbonyl (C=O) groups excluding carboxylic acids is 1. The normalized spacial score (nSPS) is 14.7. The molecule has 4 heterocycles. The van der Waals surface area contributed by atoms with E-state index in [4.69, 9.17) is 4.52 Å². The molecule has 0 aliphatic carbocycles. The molecular weight excluding hydrogens is 312 g/mol. The van der Waals surface area contributed by atoms with E-state index in [0.29, 0.717) is 31.2 Å². The predicted molar refractivity (Wildman–Crippen MR) is 84.9 cm³/mol. The van der Waals surface area contributed by atoms with Gasteiger partial charge in [0, 0.05) is 35.9 Å². The van der Waals surface area contributed by atoms with Gasteiger partial charge in [-0.2, -0.15) is 4.98 Å². The third-order valence-corrected chi connectivity index (χ3v) is 4.75. The molecule has 0 spiro atoms. The lowest BCUT2D eigenvalue weighted by atomic mass is 9.99. The van der Waals surface area contributed by atoms with Crippen molar-refractivity contribution in [2.45, 2.75) is 12.3 Å². The van der Waals surface area contributed by atoms with Crippen LogP contribution in [0.25, 0.3) is 11.4 Å². The van der Waals surface area contributed by atoms with Gasteiger partial charge in [-0.25, -0.2) is 0 Å². The lowest BCUT2D eigenvalue weighted by Crippen LogP contribution is -2.49. The fraction of sp³-hybridized carbons (Fsp3) is 0.250. The number of carbonyl (C=O) groups is 1. The smallest absolute Gasteiger partial charge is 0.233 e. The second kappa shape index (κ2) is 5.92. The minimum absolute atomic E-state index is 0.130. The quantitative estimate of drug-likeness (QED) is 0.736. The van der Waals surface area contributed by atoms with Gasteiger partial charge >= 0.3 is 0 Å². The van der Waals surface area contributed by atoms with Gasteiger partial charge in [0.1, 0.15) is 0 Å². The molecule has 0 bridgehead atoms. The van der Waals surface area contributed by atoms with Crippen molar-refractivity contribution >= 4 is 17.2 Å². The Hall–Kier alpha value is -2.54. The second-order valence-corrected chi connectivity index (χ2v) is 6.48. The lowest BCUT2D eigenvalue weighted by Gasteiger charge is -2.37. The molecule has 1 aliphatic rings. The average Bonchev–Trinajstić information content (AvgIpc) is 3.18. The van der Waals surface area contributed by atoms with Crippen LogP contribution in [0.2, 0.25) is 0 Å². The summed E-state index contributed by atoms with van der Waals surface area (Å²) < 4.78 is 5.34. The topological polar surface area (TPSA) is 72.1 Å². The van der Waals surface area contributed by atoms with Gasteiger partial charge in [-0.1, -0.05) is 11.2 Å². The minimum atomic E-state index is 0.130. The van der Waals surface area contributed by atoms with Crippen LogP contribution in [0.15, 0.2) is 46.6 Å². The summed E-state index contributed by atoms with van der Waals surface area (Å²) >= 11 is 1.61. The zero-order valence-corrected chi connectivity index (χ0v) is 13.1. The van der Waals surface area contributed by atoms with Crippen LogP contribution in [-0.4, -0.2) is 39.0 Å². The Labute approximate surface area is 136 Å². The number of pyridine rings is 1. The molecule has 7 heteroatoms. The van der Waals surface area contributed by atoms with Crippen molar-refractivity contribution in [1.82, 2.24) is 20.0 Å². The zero-order valence-electron chi connectivity index (χ0n) is 12.3. The summed E-state index contributed by atoms with van der Waals surface area (Å²) in [4.78, 5) is 23.5. The molecule has 6 nitrogen and oxygen atoms in total. The van der Waals surface area contributed by atoms with Crippen molar-refractivity contribution in [3.63, 3.8) is 0 Å². The van der Waals surface area contributed by atoms with Gasteiger partial charge in [0.05, 0.1) is 12.3 Å². The fourth-order valence-electron chi connectivity index (χ4n) is 2.53. The molecule has 116 valence electrons. The first-order valence-corrected chi connectivity index (χ1v) is 8.22. The number of rotatable bonds is 4. The number of hydrogen-bond acceptors (Lipinski definition) is 6. The van der Waals surface area contributed by atoms with E-state index in [1.807, 2.05) is 34.5 Å². The second-order valence-electron chi connectivity index (χ2n) is 5.44. The maximum atomic E-state index is 12.2. The van der Waals surface area contributed by atoms with E-state index in [9.17, 15) is 4.79 Å². The lowest BCUT2D eigenvalue weighted by molar-refractivity contribution is -0.135. The highest BCUT2D eigenvalue weighted by molar-refractivity contribution is 7.10. The van der Waals surface area contributed by atoms with Crippen LogP contribution in [0.5, 0.6) is 0 Å². The largest absolute Gasteiger partial charge is 0.341 e. The molecule has 3 aromatic heterocycles. The van der Waals surface area contributed by atoms with Crippen LogP contribution < -0.4 is 0 Å². The summed E-state index contributed by atoms with van der Waals surface area (Å²) in [5, 5.41) is 5.99. The molecule has 0 atom stereocenters. The Bertz CT molecular complexity index is 795. The monoisotopic (exact) mass is 326 g/mol. The van der Waals surface area contributed by atoms with Gasteiger partial charge in [0.15, 0.2) is 0 Å². The molecule has 23 heavy (non-hydrogen) atoms. The van der Waals surface area contributed by atoms with Crippen LogP contribution in [0.1, 0.15) is 16.7 Å². The molecule has 0 N–H and O–H groups in total. The van der Waals surface area contributed by atoms with Gasteiger partial charge in [0.2, 0.25) is 17.6 Å². The third-order valence-electron chi connectivity index (χ3n) is 3.87. The van der Waals surface area contributed by atoms with E-state index in [1.54, 1.807) is 23.7 Å². The van der Waals surface area contributed by atoms with Crippen molar-refractivity contribution < 1.29 is 9.32 Å². The van der Waals surface area contributed by atoms with Crippen molar-refractivity contribution in [1.29, 1.82) is 0 Å². The van der Waals surface area contributed by atoms with Gasteiger partial charge in [-0.15, -0.1) is 11.3 Å². The molecule has 0 aromatic carbocycles. The van der Waals surface area contributed by atoms with E-state index >= 15 is 0 Å². The molecule has 0 radical (unpaired) electrons. The summed E-state index contributed by atoms with van der Waals surface area (Å²) in [5.41, 5.74) is 0.875. The summed E-state index contributed by atoms with van der Waals surface area (Å²) in [6.45, 7) is 1.28. The number of nitrogens with zero attached hydrogens (tertiary/aromatic N) is 4. The van der Waals surface area contributed by atoms with E-state index in [1.165, 1.54) is 0 Å². The summed E-state index contributed by atoms with van der Waals surface area (Å²) in [7, 11) is 0. The number of hydrogen-bond donors (Lipinski definition) is 0. The van der Waals surface area contributed by atoms with Crippen LogP contribution in [0.3, 0.4) is 0 Å². The molecular formula is C16H14N4O2S. The summed E-state index contributed by atoms with van der Waals surface area (Å²) in [6.07, 6.45) is 3.86. The molecule has 0 saturated carbocycles. The number of aromatic nitrogens is 3. The molecule has 1 fully saturated rings. The van der Waals surface area contributed by atoms with Crippen molar-refractivity contribution in [2.24, 2.45) is 0 Å². The molecule has 1 aliphatic heterocycles. The van der Waals surface area contributed by atoms with Gasteiger partial charge < -0.3 is 9.42 Å². The maximum Gasteiger partial charge on any atom is 0.233 e. The van der Waals surface area contributed by atoms with Crippen LogP contribution in [0.4, 0.5) is 0 Å². The van der Waals surface area contributed by atoms with Crippen molar-refractivity contribution in [3.05, 3.63) is 52.8 Å². The van der Waals surface area contributed by atoms with Gasteiger partial charge in [0.25, 0.3) is 0 Å². The Morgan fingerprint density at radius 3 is 2.87 bits per heavy atom. The molecule has 0 unspecified atom stereocenters. The highest BCUT2D eigenvalue weighted by atomic mass is 32.1. The van der Waals surface area contributed by atoms with Gasteiger partial charge in [-0.05, 0) is 23.6 Å². The Kier molecular flexibility index (Phi) is 3.63. The van der Waals surface area contributed by atoms with E-state index in [2.05, 4.69) is 15.1 Å². The Balaban J connectivity index is 1.37. The van der Waals surface area contributed by atoms with Crippen molar-refractivity contribution in [2.75, 3.05) is 13.1 Å². The van der Waals surface area contributed by atoms with E-state index in [-0.39, 0.29) is 11.8 Å². The Morgan fingerprint density at radius 2 is 2.13 bits per heavy atom. The van der Waals surface area contributed by atoms with Crippen LogP contribution in [0, 0.1) is 0 Å². The number of likely N-dealkylation sites (tertiary alicyclic amines) is 1. The standard InChI is InChI=1S/C16H14N4O2S/c21-14(8-13-2-1-7-23-13)20-9-12(10-20)16-18-15(19-22-16)11-3-5-17-6-4-11/h1-7,12H,8-10H2. The van der Waals surface area contributed by atoms with Crippen LogP contribution in [-0.2, 0) is 11.2 Å². The first-order valence-electron chi connectivity index (χ1n) is 7.34. The predicted octanol–water partition coefficient (Wildman–Crippen LogP) is 2.36. The molecule has 1 amide bonds. The first-order chi connectivity index (χ1) is 11.3. The molecule has 4 rings (SSSR count). The average molecular weight is 326 g/mol. The SMILES string of the molecule is O=C(Cc1cccs1)N1CC(c2nc(-c3ccncc3)no2)C1. The first kappa shape index (κ1) is 14.1. The van der Waals surface area contributed by atoms with Gasteiger partial charge in [-0.3, -0.25) is 9.78 Å². The molecule has 3 aromatic rings. The van der Waals surface area contributed by atoms with E-state index in [0.717, 1.165) is 10.4 Å². The molecule has 1 saturated heterocycles. The zero-order chi connectivity index (χ0) is 15.6. The number of thiophene rings is 1. The fourth-order valence-corrected chi connectivity index (χ4v) is 3.23.